The lowest BCUT2D eigenvalue weighted by Crippen LogP contribution is -2.43. The van der Waals surface area contributed by atoms with Crippen molar-refractivity contribution >= 4 is 39.2 Å². The highest BCUT2D eigenvalue weighted by Crippen LogP contribution is 2.35. The van der Waals surface area contributed by atoms with Crippen LogP contribution < -0.4 is 19.7 Å². The average molecular weight is 511 g/mol. The molecule has 5 rings (SSSR count). The van der Waals surface area contributed by atoms with Gasteiger partial charge < -0.3 is 23.9 Å². The van der Waals surface area contributed by atoms with Crippen LogP contribution in [0.15, 0.2) is 33.7 Å². The summed E-state index contributed by atoms with van der Waals surface area (Å²) < 4.78 is 55.4. The number of nitrogens with one attached hydrogen (secondary N) is 2. The molecule has 0 aliphatic carbocycles. The number of rotatable bonds is 3. The Labute approximate surface area is 198 Å². The fraction of sp³-hybridized carbons (Fsp3) is 0.350. The number of aryl methyl sites for hydroxylation is 2. The van der Waals surface area contributed by atoms with E-state index in [2.05, 4.69) is 20.2 Å². The number of sulfonamides is 1. The minimum Gasteiger partial charge on any atom is -0.489 e. The van der Waals surface area contributed by atoms with Gasteiger partial charge in [0, 0.05) is 50.9 Å². The Morgan fingerprint density at radius 3 is 2.82 bits per heavy atom. The SMILES string of the molecule is Cc1nnc(N2CC3COc4c(cn(C)c4C(=O)Nc4ccc(F)c(Cl)c4)S(=O)(=O)NC3C2)o1. The lowest BCUT2D eigenvalue weighted by Gasteiger charge is -2.23. The molecule has 0 saturated carbocycles. The van der Waals surface area contributed by atoms with Gasteiger partial charge >= 0.3 is 6.01 Å². The molecule has 0 spiro atoms. The normalized spacial score (nSPS) is 21.2. The van der Waals surface area contributed by atoms with Gasteiger partial charge in [0.15, 0.2) is 11.4 Å². The molecular weight excluding hydrogens is 491 g/mol. The zero-order valence-corrected chi connectivity index (χ0v) is 19.7. The number of ether oxygens (including phenoxy) is 1. The number of fused-ring (bicyclic) bond motifs is 2. The molecule has 0 bridgehead atoms. The van der Waals surface area contributed by atoms with Gasteiger partial charge in [-0.3, -0.25) is 4.79 Å². The van der Waals surface area contributed by atoms with Crippen LogP contribution in [0.1, 0.15) is 16.4 Å². The number of carbonyl (C=O) groups excluding carboxylic acids is 1. The molecule has 2 atom stereocenters. The highest BCUT2D eigenvalue weighted by molar-refractivity contribution is 7.89. The number of halogens is 2. The van der Waals surface area contributed by atoms with Crippen LogP contribution in [-0.2, 0) is 17.1 Å². The smallest absolute Gasteiger partial charge is 0.318 e. The Morgan fingerprint density at radius 1 is 1.32 bits per heavy atom. The minimum absolute atomic E-state index is 0.00153. The Bertz CT molecular complexity index is 1390. The fourth-order valence-electron chi connectivity index (χ4n) is 4.13. The first-order valence-electron chi connectivity index (χ1n) is 10.3. The lowest BCUT2D eigenvalue weighted by atomic mass is 10.1. The van der Waals surface area contributed by atoms with Crippen LogP contribution in [0, 0.1) is 18.7 Å². The third kappa shape index (κ3) is 3.99. The van der Waals surface area contributed by atoms with Crippen molar-refractivity contribution in [2.24, 2.45) is 13.0 Å². The van der Waals surface area contributed by atoms with Crippen LogP contribution in [0.25, 0.3) is 0 Å². The second-order valence-corrected chi connectivity index (χ2v) is 10.3. The number of amides is 1. The number of carbonyl (C=O) groups is 1. The van der Waals surface area contributed by atoms with Crippen molar-refractivity contribution in [2.75, 3.05) is 29.9 Å². The summed E-state index contributed by atoms with van der Waals surface area (Å²) >= 11 is 5.79. The van der Waals surface area contributed by atoms with E-state index in [0.717, 1.165) is 6.07 Å². The first-order chi connectivity index (χ1) is 16.1. The van der Waals surface area contributed by atoms with E-state index < -0.39 is 27.8 Å². The van der Waals surface area contributed by atoms with Crippen molar-refractivity contribution in [3.05, 3.63) is 46.8 Å². The predicted molar refractivity (Wildman–Crippen MR) is 119 cm³/mol. The highest BCUT2D eigenvalue weighted by atomic mass is 35.5. The van der Waals surface area contributed by atoms with E-state index in [1.807, 2.05) is 0 Å². The maximum atomic E-state index is 13.5. The van der Waals surface area contributed by atoms with E-state index in [0.29, 0.717) is 25.0 Å². The summed E-state index contributed by atoms with van der Waals surface area (Å²) in [6.45, 7) is 2.57. The molecule has 34 heavy (non-hydrogen) atoms. The Hall–Kier alpha value is -3.16. The molecule has 180 valence electrons. The zero-order chi connectivity index (χ0) is 24.2. The molecular formula is C20H20ClFN6O5S. The van der Waals surface area contributed by atoms with Crippen molar-refractivity contribution < 1.29 is 26.8 Å². The van der Waals surface area contributed by atoms with Gasteiger partial charge in [-0.25, -0.2) is 17.5 Å². The van der Waals surface area contributed by atoms with E-state index in [-0.39, 0.29) is 39.6 Å². The van der Waals surface area contributed by atoms with Crippen LogP contribution in [0.2, 0.25) is 5.02 Å². The van der Waals surface area contributed by atoms with Crippen molar-refractivity contribution in [3.63, 3.8) is 0 Å². The van der Waals surface area contributed by atoms with Crippen LogP contribution in [0.4, 0.5) is 16.1 Å². The molecule has 2 aliphatic rings. The standard InChI is InChI=1S/C20H20ClFN6O5S/c1-10-24-25-20(33-10)28-6-11-9-32-18-16(34(30,31)26-15(11)7-28)8-27(2)17(18)19(29)23-12-3-4-14(22)13(21)5-12/h3-5,8,11,15,26H,6-7,9H2,1-2H3,(H,23,29). The van der Waals surface area contributed by atoms with Crippen LogP contribution in [0.3, 0.4) is 0 Å². The predicted octanol–water partition coefficient (Wildman–Crippen LogP) is 1.94. The van der Waals surface area contributed by atoms with Gasteiger partial charge in [-0.2, -0.15) is 0 Å². The van der Waals surface area contributed by atoms with Crippen molar-refractivity contribution in [2.45, 2.75) is 17.9 Å². The third-order valence-corrected chi connectivity index (χ3v) is 7.53. The molecule has 2 N–H and O–H groups in total. The van der Waals surface area contributed by atoms with E-state index in [9.17, 15) is 17.6 Å². The van der Waals surface area contributed by atoms with Crippen molar-refractivity contribution in [3.8, 4) is 5.75 Å². The second kappa shape index (κ2) is 8.25. The quantitative estimate of drug-likeness (QED) is 0.546. The second-order valence-electron chi connectivity index (χ2n) is 8.17. The van der Waals surface area contributed by atoms with E-state index in [1.165, 1.54) is 29.9 Å². The molecule has 1 aromatic carbocycles. The maximum absolute atomic E-state index is 13.5. The van der Waals surface area contributed by atoms with Crippen molar-refractivity contribution in [1.82, 2.24) is 19.5 Å². The van der Waals surface area contributed by atoms with Gasteiger partial charge in [-0.15, -0.1) is 5.10 Å². The Kier molecular flexibility index (Phi) is 5.49. The highest BCUT2D eigenvalue weighted by Gasteiger charge is 2.42. The summed E-state index contributed by atoms with van der Waals surface area (Å²) in [5, 5.41) is 10.3. The van der Waals surface area contributed by atoms with Gasteiger partial charge in [0.05, 0.1) is 11.6 Å². The van der Waals surface area contributed by atoms with Gasteiger partial charge in [-0.05, 0) is 18.2 Å². The largest absolute Gasteiger partial charge is 0.489 e. The monoisotopic (exact) mass is 510 g/mol. The van der Waals surface area contributed by atoms with E-state index in [4.69, 9.17) is 20.8 Å². The van der Waals surface area contributed by atoms with Gasteiger partial charge in [0.1, 0.15) is 10.7 Å². The maximum Gasteiger partial charge on any atom is 0.318 e. The fourth-order valence-corrected chi connectivity index (χ4v) is 5.80. The number of hydrogen-bond donors (Lipinski definition) is 2. The van der Waals surface area contributed by atoms with Gasteiger partial charge in [-0.1, -0.05) is 16.7 Å². The van der Waals surface area contributed by atoms with E-state index >= 15 is 0 Å². The molecule has 14 heteroatoms. The number of aromatic nitrogens is 3. The molecule has 1 amide bonds. The summed E-state index contributed by atoms with van der Waals surface area (Å²) in [4.78, 5) is 14.7. The summed E-state index contributed by atoms with van der Waals surface area (Å²) in [5.74, 6) is -1.15. The average Bonchev–Trinajstić information content (AvgIpc) is 3.45. The summed E-state index contributed by atoms with van der Waals surface area (Å²) in [5.41, 5.74) is 0.251. The molecule has 1 fully saturated rings. The van der Waals surface area contributed by atoms with E-state index in [1.54, 1.807) is 11.8 Å². The van der Waals surface area contributed by atoms with Gasteiger partial charge in [0.2, 0.25) is 15.9 Å². The molecule has 4 heterocycles. The summed E-state index contributed by atoms with van der Waals surface area (Å²) in [6.07, 6.45) is 1.32. The number of anilines is 2. The Balaban J connectivity index is 1.43. The molecule has 11 nitrogen and oxygen atoms in total. The van der Waals surface area contributed by atoms with Crippen molar-refractivity contribution in [1.29, 1.82) is 0 Å². The minimum atomic E-state index is -4.02. The van der Waals surface area contributed by atoms with Gasteiger partial charge in [0.25, 0.3) is 5.91 Å². The molecule has 2 unspecified atom stereocenters. The number of hydrogen-bond acceptors (Lipinski definition) is 8. The first kappa shape index (κ1) is 22.6. The molecule has 2 aliphatic heterocycles. The topological polar surface area (TPSA) is 132 Å². The third-order valence-electron chi connectivity index (χ3n) is 5.76. The Morgan fingerprint density at radius 2 is 2.12 bits per heavy atom. The summed E-state index contributed by atoms with van der Waals surface area (Å²) in [6, 6.07) is 3.58. The molecule has 2 aromatic heterocycles. The van der Waals surface area contributed by atoms with Crippen LogP contribution in [0.5, 0.6) is 5.75 Å². The number of nitrogens with zero attached hydrogens (tertiary/aromatic N) is 4. The molecule has 0 radical (unpaired) electrons. The number of benzene rings is 1. The van der Waals surface area contributed by atoms with Crippen LogP contribution in [-0.4, -0.2) is 54.8 Å². The lowest BCUT2D eigenvalue weighted by molar-refractivity contribution is 0.101. The molecule has 1 saturated heterocycles. The zero-order valence-electron chi connectivity index (χ0n) is 18.1. The first-order valence-corrected chi connectivity index (χ1v) is 12.1. The summed E-state index contributed by atoms with van der Waals surface area (Å²) in [7, 11) is -2.48. The molecule has 3 aromatic rings. The van der Waals surface area contributed by atoms with Crippen LogP contribution >= 0.6 is 11.6 Å².